The zero-order chi connectivity index (χ0) is 13.9. The first-order valence-corrected chi connectivity index (χ1v) is 8.90. The van der Waals surface area contributed by atoms with Crippen LogP contribution in [-0.2, 0) is 4.79 Å². The zero-order valence-electron chi connectivity index (χ0n) is 10.9. The first-order valence-electron chi connectivity index (χ1n) is 6.65. The number of hydrogen-bond acceptors (Lipinski definition) is 4. The highest BCUT2D eigenvalue weighted by Gasteiger charge is 2.32. The van der Waals surface area contributed by atoms with Crippen LogP contribution in [-0.4, -0.2) is 34.4 Å². The molecule has 106 valence electrons. The minimum Gasteiger partial charge on any atom is -0.310 e. The van der Waals surface area contributed by atoms with E-state index in [1.165, 1.54) is 0 Å². The molecule has 1 aromatic carbocycles. The fourth-order valence-corrected chi connectivity index (χ4v) is 4.94. The molecule has 0 N–H and O–H groups in total. The standard InChI is InChI=1S/C14H15ClN2OS2/c15-10-4-1-2-5-11(10)17-8-3-6-12(13(17)18)20-14-16-7-9-19-14/h1-2,4-5,12H,3,6-9H2/t12-/m1/s1. The molecular weight excluding hydrogens is 312 g/mol. The molecule has 0 spiro atoms. The van der Waals surface area contributed by atoms with Gasteiger partial charge in [0.25, 0.3) is 0 Å². The Morgan fingerprint density at radius 3 is 3.00 bits per heavy atom. The van der Waals surface area contributed by atoms with Gasteiger partial charge in [0.05, 0.1) is 22.5 Å². The Balaban J connectivity index is 1.76. The van der Waals surface area contributed by atoms with E-state index >= 15 is 0 Å². The van der Waals surface area contributed by atoms with E-state index < -0.39 is 0 Å². The Kier molecular flexibility index (Phi) is 4.58. The van der Waals surface area contributed by atoms with Crippen LogP contribution in [0, 0.1) is 0 Å². The van der Waals surface area contributed by atoms with Crippen LogP contribution in [0.2, 0.25) is 5.02 Å². The van der Waals surface area contributed by atoms with Gasteiger partial charge >= 0.3 is 0 Å². The summed E-state index contributed by atoms with van der Waals surface area (Å²) < 4.78 is 1.06. The number of rotatable bonds is 2. The Labute approximate surface area is 132 Å². The fraction of sp³-hybridized carbons (Fsp3) is 0.429. The van der Waals surface area contributed by atoms with Crippen LogP contribution < -0.4 is 4.90 Å². The molecule has 3 rings (SSSR count). The van der Waals surface area contributed by atoms with Gasteiger partial charge in [-0.15, -0.1) is 0 Å². The van der Waals surface area contributed by atoms with E-state index in [1.807, 2.05) is 29.2 Å². The van der Waals surface area contributed by atoms with Gasteiger partial charge in [-0.25, -0.2) is 0 Å². The molecule has 0 aliphatic carbocycles. The number of hydrogen-bond donors (Lipinski definition) is 0. The van der Waals surface area contributed by atoms with Crippen molar-refractivity contribution < 1.29 is 4.79 Å². The first kappa shape index (κ1) is 14.3. The second-order valence-electron chi connectivity index (χ2n) is 4.69. The number of benzene rings is 1. The Hall–Kier alpha value is -0.650. The fourth-order valence-electron chi connectivity index (χ4n) is 2.37. The SMILES string of the molecule is O=C1[C@H](SC2=NCCS2)CCCN1c1ccccc1Cl. The molecule has 1 atom stereocenters. The van der Waals surface area contributed by atoms with Gasteiger partial charge in [0, 0.05) is 12.3 Å². The van der Waals surface area contributed by atoms with Crippen LogP contribution in [0.4, 0.5) is 5.69 Å². The first-order chi connectivity index (χ1) is 9.75. The summed E-state index contributed by atoms with van der Waals surface area (Å²) in [7, 11) is 0. The number of carbonyl (C=O) groups excluding carboxylic acids is 1. The highest BCUT2D eigenvalue weighted by molar-refractivity contribution is 8.39. The van der Waals surface area contributed by atoms with Gasteiger partial charge in [-0.05, 0) is 25.0 Å². The van der Waals surface area contributed by atoms with E-state index in [-0.39, 0.29) is 11.2 Å². The lowest BCUT2D eigenvalue weighted by Gasteiger charge is -2.32. The second-order valence-corrected chi connectivity index (χ2v) is 7.63. The molecule has 2 aliphatic heterocycles. The van der Waals surface area contributed by atoms with Crippen molar-refractivity contribution in [1.82, 2.24) is 0 Å². The number of halogens is 1. The monoisotopic (exact) mass is 326 g/mol. The summed E-state index contributed by atoms with van der Waals surface area (Å²) in [5.74, 6) is 1.20. The van der Waals surface area contributed by atoms with Crippen LogP contribution in [0.3, 0.4) is 0 Å². The predicted octanol–water partition coefficient (Wildman–Crippen LogP) is 3.67. The lowest BCUT2D eigenvalue weighted by atomic mass is 10.1. The summed E-state index contributed by atoms with van der Waals surface area (Å²) in [6.45, 7) is 1.63. The molecule has 1 aromatic rings. The lowest BCUT2D eigenvalue weighted by Crippen LogP contribution is -2.43. The van der Waals surface area contributed by atoms with Crippen molar-refractivity contribution >= 4 is 51.1 Å². The molecule has 20 heavy (non-hydrogen) atoms. The van der Waals surface area contributed by atoms with E-state index in [0.717, 1.165) is 41.7 Å². The average Bonchev–Trinajstić information content (AvgIpc) is 2.95. The zero-order valence-corrected chi connectivity index (χ0v) is 13.3. The maximum atomic E-state index is 12.6. The highest BCUT2D eigenvalue weighted by Crippen LogP contribution is 2.35. The van der Waals surface area contributed by atoms with Gasteiger partial charge in [0.2, 0.25) is 5.91 Å². The minimum atomic E-state index is -0.0237. The van der Waals surface area contributed by atoms with Crippen molar-refractivity contribution in [2.75, 3.05) is 23.7 Å². The average molecular weight is 327 g/mol. The molecule has 1 amide bonds. The van der Waals surface area contributed by atoms with Crippen LogP contribution in [0.5, 0.6) is 0 Å². The molecule has 2 heterocycles. The van der Waals surface area contributed by atoms with Crippen LogP contribution in [0.25, 0.3) is 0 Å². The van der Waals surface area contributed by atoms with Crippen molar-refractivity contribution in [3.63, 3.8) is 0 Å². The Morgan fingerprint density at radius 2 is 2.25 bits per heavy atom. The summed E-state index contributed by atoms with van der Waals surface area (Å²) in [6.07, 6.45) is 1.93. The van der Waals surface area contributed by atoms with Crippen molar-refractivity contribution in [2.24, 2.45) is 4.99 Å². The lowest BCUT2D eigenvalue weighted by molar-refractivity contribution is -0.119. The molecule has 0 unspecified atom stereocenters. The van der Waals surface area contributed by atoms with Gasteiger partial charge in [0.1, 0.15) is 4.38 Å². The van der Waals surface area contributed by atoms with Gasteiger partial charge < -0.3 is 4.90 Å². The number of thioether (sulfide) groups is 2. The van der Waals surface area contributed by atoms with E-state index in [1.54, 1.807) is 23.5 Å². The summed E-state index contributed by atoms with van der Waals surface area (Å²) in [4.78, 5) is 18.9. The van der Waals surface area contributed by atoms with Gasteiger partial charge in [-0.3, -0.25) is 9.79 Å². The number of aliphatic imine (C=N–C) groups is 1. The third kappa shape index (κ3) is 3.00. The number of piperidine rings is 1. The van der Waals surface area contributed by atoms with Crippen molar-refractivity contribution in [3.05, 3.63) is 29.3 Å². The van der Waals surface area contributed by atoms with E-state index in [0.29, 0.717) is 5.02 Å². The van der Waals surface area contributed by atoms with Crippen molar-refractivity contribution in [2.45, 2.75) is 18.1 Å². The predicted molar refractivity (Wildman–Crippen MR) is 89.2 cm³/mol. The van der Waals surface area contributed by atoms with Crippen LogP contribution >= 0.6 is 35.1 Å². The number of amides is 1. The molecule has 1 saturated heterocycles. The van der Waals surface area contributed by atoms with E-state index in [2.05, 4.69) is 4.99 Å². The highest BCUT2D eigenvalue weighted by atomic mass is 35.5. The van der Waals surface area contributed by atoms with E-state index in [9.17, 15) is 4.79 Å². The molecular formula is C14H15ClN2OS2. The summed E-state index contributed by atoms with van der Waals surface area (Å²) >= 11 is 9.59. The molecule has 1 fully saturated rings. The number of carbonyl (C=O) groups is 1. The van der Waals surface area contributed by atoms with Gasteiger partial charge in [-0.2, -0.15) is 0 Å². The Bertz CT molecular complexity index is 550. The van der Waals surface area contributed by atoms with Gasteiger partial charge in [0.15, 0.2) is 0 Å². The van der Waals surface area contributed by atoms with Gasteiger partial charge in [-0.1, -0.05) is 47.3 Å². The number of anilines is 1. The molecule has 3 nitrogen and oxygen atoms in total. The molecule has 0 radical (unpaired) electrons. The third-order valence-electron chi connectivity index (χ3n) is 3.33. The second kappa shape index (κ2) is 6.41. The smallest absolute Gasteiger partial charge is 0.240 e. The van der Waals surface area contributed by atoms with E-state index in [4.69, 9.17) is 11.6 Å². The van der Waals surface area contributed by atoms with Crippen LogP contribution in [0.15, 0.2) is 29.3 Å². The van der Waals surface area contributed by atoms with Crippen molar-refractivity contribution in [1.29, 1.82) is 0 Å². The summed E-state index contributed by atoms with van der Waals surface area (Å²) in [5.41, 5.74) is 0.825. The molecule has 0 saturated carbocycles. The third-order valence-corrected chi connectivity index (χ3v) is 6.11. The topological polar surface area (TPSA) is 32.7 Å². The number of nitrogens with zero attached hydrogens (tertiary/aromatic N) is 2. The normalized spacial score (nSPS) is 23.1. The summed E-state index contributed by atoms with van der Waals surface area (Å²) in [5, 5.41) is 0.614. The summed E-state index contributed by atoms with van der Waals surface area (Å²) in [6, 6.07) is 7.55. The maximum absolute atomic E-state index is 12.6. The molecule has 6 heteroatoms. The van der Waals surface area contributed by atoms with Crippen molar-refractivity contribution in [3.8, 4) is 0 Å². The molecule has 0 aromatic heterocycles. The Morgan fingerprint density at radius 1 is 1.40 bits per heavy atom. The molecule has 0 bridgehead atoms. The molecule has 2 aliphatic rings. The minimum absolute atomic E-state index is 0.0237. The largest absolute Gasteiger partial charge is 0.310 e. The number of para-hydroxylation sites is 1. The quantitative estimate of drug-likeness (QED) is 0.831. The maximum Gasteiger partial charge on any atom is 0.240 e. The van der Waals surface area contributed by atoms with Crippen LogP contribution in [0.1, 0.15) is 12.8 Å².